The van der Waals surface area contributed by atoms with Crippen LogP contribution in [0.25, 0.3) is 0 Å². The maximum absolute atomic E-state index is 13.2. The lowest BCUT2D eigenvalue weighted by atomic mass is 9.72. The third kappa shape index (κ3) is 4.81. The number of rotatable bonds is 7. The van der Waals surface area contributed by atoms with Gasteiger partial charge in [-0.15, -0.1) is 0 Å². The third-order valence-electron chi connectivity index (χ3n) is 8.68. The summed E-state index contributed by atoms with van der Waals surface area (Å²) in [4.78, 5) is 0. The van der Waals surface area contributed by atoms with Crippen molar-refractivity contribution in [2.45, 2.75) is 50.0 Å². The van der Waals surface area contributed by atoms with E-state index in [1.165, 1.54) is 0 Å². The van der Waals surface area contributed by atoms with Crippen LogP contribution in [0.5, 0.6) is 0 Å². The summed E-state index contributed by atoms with van der Waals surface area (Å²) in [6.07, 6.45) is -2.11. The molecule has 0 aliphatic carbocycles. The van der Waals surface area contributed by atoms with Crippen molar-refractivity contribution in [2.75, 3.05) is 0 Å². The normalized spacial score (nSPS) is 18.8. The van der Waals surface area contributed by atoms with Crippen LogP contribution >= 0.6 is 0 Å². The van der Waals surface area contributed by atoms with E-state index in [0.29, 0.717) is 22.3 Å². The summed E-state index contributed by atoms with van der Waals surface area (Å²) in [7, 11) is 0. The Labute approximate surface area is 254 Å². The predicted octanol–water partition coefficient (Wildman–Crippen LogP) is 7.54. The Kier molecular flexibility index (Phi) is 7.57. The van der Waals surface area contributed by atoms with Gasteiger partial charge in [-0.2, -0.15) is 0 Å². The highest BCUT2D eigenvalue weighted by Crippen LogP contribution is 2.58. The molecule has 0 radical (unpaired) electrons. The van der Waals surface area contributed by atoms with Crippen LogP contribution in [0.3, 0.4) is 0 Å². The minimum absolute atomic E-state index is 0.607. The molecule has 2 N–H and O–H groups in total. The molecule has 0 unspecified atom stereocenters. The molecule has 43 heavy (non-hydrogen) atoms. The minimum Gasteiger partial charge on any atom is -0.378 e. The highest BCUT2D eigenvalue weighted by Gasteiger charge is 2.66. The number of benzene rings is 5. The van der Waals surface area contributed by atoms with Gasteiger partial charge in [-0.05, 0) is 22.3 Å². The van der Waals surface area contributed by atoms with Crippen molar-refractivity contribution in [2.24, 2.45) is 5.41 Å². The zero-order valence-electron chi connectivity index (χ0n) is 24.8. The molecule has 1 saturated heterocycles. The minimum atomic E-state index is -1.70. The smallest absolute Gasteiger partial charge is 0.200 e. The highest BCUT2D eigenvalue weighted by atomic mass is 16.8. The van der Waals surface area contributed by atoms with E-state index >= 15 is 0 Å². The standard InChI is InChI=1S/C39H38O4/c1-36(2,3)39(33-27-17-8-18-28-33)42-34(37(40,29-19-9-4-10-20-29)30-21-11-5-12-22-30)35(43-39)38(41,31-23-13-6-14-24-31)32-25-15-7-16-26-32/h4-28,34-35,40-41H,1-3H3/t34-,35-/m1/s1. The zero-order chi connectivity index (χ0) is 30.1. The number of hydrogen-bond donors (Lipinski definition) is 2. The molecule has 0 bridgehead atoms. The second-order valence-electron chi connectivity index (χ2n) is 12.3. The maximum atomic E-state index is 13.2. The fourth-order valence-electron chi connectivity index (χ4n) is 6.46. The fourth-order valence-corrected chi connectivity index (χ4v) is 6.46. The summed E-state index contributed by atoms with van der Waals surface area (Å²) in [5, 5.41) is 26.4. The number of hydrogen-bond acceptors (Lipinski definition) is 4. The van der Waals surface area contributed by atoms with Gasteiger partial charge in [-0.1, -0.05) is 172 Å². The molecule has 5 aromatic carbocycles. The Morgan fingerprint density at radius 3 is 0.953 bits per heavy atom. The molecule has 2 atom stereocenters. The van der Waals surface area contributed by atoms with Crippen LogP contribution in [-0.4, -0.2) is 22.4 Å². The average molecular weight is 571 g/mol. The first-order valence-corrected chi connectivity index (χ1v) is 14.8. The molecule has 6 rings (SSSR count). The lowest BCUT2D eigenvalue weighted by Crippen LogP contribution is -2.54. The van der Waals surface area contributed by atoms with Crippen LogP contribution in [0.4, 0.5) is 0 Å². The van der Waals surface area contributed by atoms with Gasteiger partial charge in [0.15, 0.2) is 0 Å². The Bertz CT molecular complexity index is 1440. The zero-order valence-corrected chi connectivity index (χ0v) is 24.8. The van der Waals surface area contributed by atoms with Crippen molar-refractivity contribution in [3.63, 3.8) is 0 Å². The van der Waals surface area contributed by atoms with Gasteiger partial charge in [0.25, 0.3) is 0 Å². The molecule has 4 nitrogen and oxygen atoms in total. The van der Waals surface area contributed by atoms with Crippen LogP contribution < -0.4 is 0 Å². The monoisotopic (exact) mass is 570 g/mol. The van der Waals surface area contributed by atoms with Crippen LogP contribution in [0, 0.1) is 5.41 Å². The molecule has 1 aliphatic heterocycles. The van der Waals surface area contributed by atoms with Crippen LogP contribution in [0.2, 0.25) is 0 Å². The fraction of sp³-hybridized carbons (Fsp3) is 0.231. The lowest BCUT2D eigenvalue weighted by Gasteiger charge is -2.42. The Morgan fingerprint density at radius 1 is 0.442 bits per heavy atom. The van der Waals surface area contributed by atoms with Crippen molar-refractivity contribution in [1.82, 2.24) is 0 Å². The first-order chi connectivity index (χ1) is 20.7. The molecule has 1 fully saturated rings. The maximum Gasteiger partial charge on any atom is 0.200 e. The van der Waals surface area contributed by atoms with Gasteiger partial charge in [0, 0.05) is 11.0 Å². The molecule has 1 heterocycles. The summed E-state index contributed by atoms with van der Waals surface area (Å²) in [5.74, 6) is -1.32. The Morgan fingerprint density at radius 2 is 0.698 bits per heavy atom. The molecular weight excluding hydrogens is 532 g/mol. The van der Waals surface area contributed by atoms with Crippen LogP contribution in [-0.2, 0) is 26.5 Å². The van der Waals surface area contributed by atoms with E-state index in [2.05, 4.69) is 20.8 Å². The van der Waals surface area contributed by atoms with Gasteiger partial charge < -0.3 is 19.7 Å². The van der Waals surface area contributed by atoms with E-state index in [-0.39, 0.29) is 0 Å². The summed E-state index contributed by atoms with van der Waals surface area (Å²) in [6.45, 7) is 6.19. The SMILES string of the molecule is CC(C)(C)C1(c2ccccc2)O[C@@H](C(O)(c2ccccc2)c2ccccc2)[C@H](C(O)(c2ccccc2)c2ccccc2)O1. The molecule has 5 aromatic rings. The molecular formula is C39H38O4. The van der Waals surface area contributed by atoms with E-state index in [0.717, 1.165) is 5.56 Å². The van der Waals surface area contributed by atoms with Crippen molar-refractivity contribution in [1.29, 1.82) is 0 Å². The molecule has 1 aliphatic rings. The van der Waals surface area contributed by atoms with E-state index < -0.39 is 34.6 Å². The van der Waals surface area contributed by atoms with Crippen molar-refractivity contribution in [3.8, 4) is 0 Å². The summed E-state index contributed by atoms with van der Waals surface area (Å²) >= 11 is 0. The average Bonchev–Trinajstić information content (AvgIpc) is 3.50. The van der Waals surface area contributed by atoms with Crippen molar-refractivity contribution >= 4 is 0 Å². The van der Waals surface area contributed by atoms with Crippen LogP contribution in [0.1, 0.15) is 48.6 Å². The topological polar surface area (TPSA) is 58.9 Å². The highest BCUT2D eigenvalue weighted by molar-refractivity contribution is 5.44. The molecule has 218 valence electrons. The van der Waals surface area contributed by atoms with Crippen molar-refractivity contribution < 1.29 is 19.7 Å². The van der Waals surface area contributed by atoms with E-state index in [1.54, 1.807) is 0 Å². The third-order valence-corrected chi connectivity index (χ3v) is 8.68. The van der Waals surface area contributed by atoms with E-state index in [9.17, 15) is 10.2 Å². The van der Waals surface area contributed by atoms with Gasteiger partial charge in [0.05, 0.1) is 0 Å². The largest absolute Gasteiger partial charge is 0.378 e. The first-order valence-electron chi connectivity index (χ1n) is 14.8. The molecule has 0 spiro atoms. The van der Waals surface area contributed by atoms with E-state index in [1.807, 2.05) is 152 Å². The molecule has 4 heteroatoms. The van der Waals surface area contributed by atoms with Gasteiger partial charge in [-0.3, -0.25) is 0 Å². The summed E-state index contributed by atoms with van der Waals surface area (Å²) in [5.41, 5.74) is -0.644. The Hall–Kier alpha value is -4.06. The Balaban J connectivity index is 1.68. The summed E-state index contributed by atoms with van der Waals surface area (Å²) in [6, 6.07) is 48.0. The van der Waals surface area contributed by atoms with Gasteiger partial charge in [0.1, 0.15) is 23.4 Å². The first kappa shape index (κ1) is 29.0. The van der Waals surface area contributed by atoms with Gasteiger partial charge in [-0.25, -0.2) is 0 Å². The number of aliphatic hydroxyl groups is 2. The van der Waals surface area contributed by atoms with Gasteiger partial charge in [0.2, 0.25) is 5.79 Å². The summed E-state index contributed by atoms with van der Waals surface area (Å²) < 4.78 is 14.5. The molecule has 0 aromatic heterocycles. The quantitative estimate of drug-likeness (QED) is 0.212. The molecule has 0 saturated carbocycles. The van der Waals surface area contributed by atoms with E-state index in [4.69, 9.17) is 9.47 Å². The van der Waals surface area contributed by atoms with Crippen LogP contribution in [0.15, 0.2) is 152 Å². The predicted molar refractivity (Wildman–Crippen MR) is 169 cm³/mol. The lowest BCUT2D eigenvalue weighted by molar-refractivity contribution is -0.262. The number of ether oxygens (including phenoxy) is 2. The van der Waals surface area contributed by atoms with Crippen molar-refractivity contribution in [3.05, 3.63) is 179 Å². The molecule has 0 amide bonds. The van der Waals surface area contributed by atoms with Gasteiger partial charge >= 0.3 is 0 Å². The second-order valence-corrected chi connectivity index (χ2v) is 12.3. The second kappa shape index (κ2) is 11.2.